The zero-order valence-electron chi connectivity index (χ0n) is 10.8. The van der Waals surface area contributed by atoms with E-state index in [2.05, 4.69) is 15.6 Å². The van der Waals surface area contributed by atoms with Crippen molar-refractivity contribution in [1.82, 2.24) is 14.9 Å². The summed E-state index contributed by atoms with van der Waals surface area (Å²) in [7, 11) is 1.47. The van der Waals surface area contributed by atoms with E-state index in [0.717, 1.165) is 0 Å². The number of aromatic amines is 1. The number of amides is 2. The van der Waals surface area contributed by atoms with Crippen LogP contribution < -0.4 is 21.9 Å². The first-order valence-electron chi connectivity index (χ1n) is 5.94. The third-order valence-corrected chi connectivity index (χ3v) is 3.20. The normalized spacial score (nSPS) is 17.3. The van der Waals surface area contributed by atoms with Gasteiger partial charge in [-0.15, -0.1) is 0 Å². The van der Waals surface area contributed by atoms with Gasteiger partial charge in [-0.1, -0.05) is 0 Å². The third-order valence-electron chi connectivity index (χ3n) is 3.20. The number of carbonyl (C=O) groups is 1. The minimum atomic E-state index is -0.733. The van der Waals surface area contributed by atoms with Crippen molar-refractivity contribution in [3.05, 3.63) is 50.1 Å². The minimum Gasteiger partial charge on any atom is -0.464 e. The molecule has 0 fully saturated rings. The van der Waals surface area contributed by atoms with Gasteiger partial charge in [0.05, 0.1) is 5.56 Å². The summed E-state index contributed by atoms with van der Waals surface area (Å²) in [6, 6.07) is 2.18. The van der Waals surface area contributed by atoms with Crippen molar-refractivity contribution >= 4 is 11.8 Å². The van der Waals surface area contributed by atoms with Gasteiger partial charge in [-0.25, -0.2) is 9.59 Å². The topological polar surface area (TPSA) is 109 Å². The number of fused-ring (bicyclic) bond motifs is 1. The van der Waals surface area contributed by atoms with Crippen LogP contribution >= 0.6 is 0 Å². The zero-order valence-corrected chi connectivity index (χ0v) is 10.8. The van der Waals surface area contributed by atoms with E-state index >= 15 is 0 Å². The van der Waals surface area contributed by atoms with Crippen LogP contribution in [0.3, 0.4) is 0 Å². The van der Waals surface area contributed by atoms with Gasteiger partial charge in [0.15, 0.2) is 0 Å². The van der Waals surface area contributed by atoms with E-state index in [1.165, 1.54) is 11.6 Å². The molecule has 3 rings (SSSR count). The van der Waals surface area contributed by atoms with Crippen LogP contribution in [0, 0.1) is 6.92 Å². The molecule has 0 aliphatic carbocycles. The van der Waals surface area contributed by atoms with Crippen LogP contribution in [0.25, 0.3) is 0 Å². The van der Waals surface area contributed by atoms with Crippen LogP contribution in [-0.2, 0) is 7.05 Å². The van der Waals surface area contributed by atoms with Gasteiger partial charge in [0.1, 0.15) is 23.4 Å². The average Bonchev–Trinajstić information content (AvgIpc) is 2.81. The molecular formula is C12H12N4O4. The predicted octanol–water partition coefficient (Wildman–Crippen LogP) is 0.200. The van der Waals surface area contributed by atoms with Gasteiger partial charge in [-0.05, 0) is 19.1 Å². The molecule has 0 saturated carbocycles. The first-order chi connectivity index (χ1) is 9.47. The van der Waals surface area contributed by atoms with Crippen LogP contribution in [0.4, 0.5) is 10.6 Å². The Labute approximate surface area is 112 Å². The summed E-state index contributed by atoms with van der Waals surface area (Å²) in [5.41, 5.74) is -0.916. The highest BCUT2D eigenvalue weighted by Gasteiger charge is 2.32. The second kappa shape index (κ2) is 4.12. The monoisotopic (exact) mass is 276 g/mol. The number of urea groups is 1. The lowest BCUT2D eigenvalue weighted by Gasteiger charge is -2.26. The number of nitrogens with one attached hydrogen (secondary N) is 3. The molecule has 0 aromatic carbocycles. The average molecular weight is 276 g/mol. The fraction of sp³-hybridized carbons (Fsp3) is 0.250. The van der Waals surface area contributed by atoms with Gasteiger partial charge < -0.3 is 9.73 Å². The van der Waals surface area contributed by atoms with Crippen molar-refractivity contribution in [2.45, 2.75) is 13.0 Å². The van der Waals surface area contributed by atoms with E-state index in [0.29, 0.717) is 11.5 Å². The number of hydrogen-bond acceptors (Lipinski definition) is 4. The zero-order chi connectivity index (χ0) is 14.4. The van der Waals surface area contributed by atoms with Gasteiger partial charge in [0, 0.05) is 7.05 Å². The molecule has 104 valence electrons. The lowest BCUT2D eigenvalue weighted by molar-refractivity contribution is 0.246. The number of nitrogens with zero attached hydrogens (tertiary/aromatic N) is 1. The first kappa shape index (κ1) is 12.3. The molecule has 20 heavy (non-hydrogen) atoms. The van der Waals surface area contributed by atoms with Crippen molar-refractivity contribution in [3.63, 3.8) is 0 Å². The lowest BCUT2D eigenvalue weighted by atomic mass is 10.1. The molecular weight excluding hydrogens is 264 g/mol. The molecule has 2 aromatic heterocycles. The Kier molecular flexibility index (Phi) is 2.53. The smallest absolute Gasteiger partial charge is 0.329 e. The highest BCUT2D eigenvalue weighted by molar-refractivity contribution is 5.92. The number of H-pyrrole nitrogens is 1. The Bertz CT molecular complexity index is 814. The van der Waals surface area contributed by atoms with Crippen LogP contribution in [0.5, 0.6) is 0 Å². The second-order valence-electron chi connectivity index (χ2n) is 4.56. The van der Waals surface area contributed by atoms with E-state index in [1.807, 2.05) is 0 Å². The van der Waals surface area contributed by atoms with E-state index in [4.69, 9.17) is 4.42 Å². The molecule has 3 N–H and O–H groups in total. The highest BCUT2D eigenvalue weighted by atomic mass is 16.3. The summed E-state index contributed by atoms with van der Waals surface area (Å²) in [6.07, 6.45) is 0. The van der Waals surface area contributed by atoms with E-state index < -0.39 is 23.3 Å². The number of aromatic nitrogens is 2. The second-order valence-corrected chi connectivity index (χ2v) is 4.56. The fourth-order valence-corrected chi connectivity index (χ4v) is 2.23. The molecule has 1 atom stereocenters. The quantitative estimate of drug-likeness (QED) is 0.691. The van der Waals surface area contributed by atoms with Crippen LogP contribution in [0.2, 0.25) is 0 Å². The lowest BCUT2D eigenvalue weighted by Crippen LogP contribution is -2.46. The van der Waals surface area contributed by atoms with Crippen molar-refractivity contribution in [2.75, 3.05) is 5.32 Å². The summed E-state index contributed by atoms with van der Waals surface area (Å²) >= 11 is 0. The van der Waals surface area contributed by atoms with E-state index in [-0.39, 0.29) is 11.4 Å². The first-order valence-corrected chi connectivity index (χ1v) is 5.94. The number of rotatable bonds is 1. The number of carbonyl (C=O) groups excluding carboxylic acids is 1. The third kappa shape index (κ3) is 1.73. The SMILES string of the molecule is Cc1ccc(C2NC(=O)Nc3c2c(=O)[nH]c(=O)n3C)o1. The molecule has 8 nitrogen and oxygen atoms in total. The molecule has 0 bridgehead atoms. The van der Waals surface area contributed by atoms with Crippen molar-refractivity contribution in [1.29, 1.82) is 0 Å². The Hall–Kier alpha value is -2.77. The van der Waals surface area contributed by atoms with Crippen LogP contribution in [0.1, 0.15) is 23.1 Å². The van der Waals surface area contributed by atoms with Crippen LogP contribution in [-0.4, -0.2) is 15.6 Å². The summed E-state index contributed by atoms with van der Waals surface area (Å²) in [5.74, 6) is 1.26. The van der Waals surface area contributed by atoms with Crippen molar-refractivity contribution in [2.24, 2.45) is 7.05 Å². The molecule has 1 aliphatic heterocycles. The number of furan rings is 1. The van der Waals surface area contributed by atoms with Gasteiger partial charge in [-0.3, -0.25) is 19.7 Å². The van der Waals surface area contributed by atoms with Crippen LogP contribution in [0.15, 0.2) is 26.1 Å². The van der Waals surface area contributed by atoms with Crippen molar-refractivity contribution in [3.8, 4) is 0 Å². The molecule has 1 unspecified atom stereocenters. The molecule has 1 aliphatic rings. The maximum atomic E-state index is 12.0. The Morgan fingerprint density at radius 3 is 2.65 bits per heavy atom. The number of hydrogen-bond donors (Lipinski definition) is 3. The summed E-state index contributed by atoms with van der Waals surface area (Å²) in [5, 5.41) is 5.08. The molecule has 0 saturated heterocycles. The predicted molar refractivity (Wildman–Crippen MR) is 69.7 cm³/mol. The molecule has 3 heterocycles. The van der Waals surface area contributed by atoms with Gasteiger partial charge in [0.25, 0.3) is 5.56 Å². The van der Waals surface area contributed by atoms with E-state index in [1.54, 1.807) is 19.1 Å². The van der Waals surface area contributed by atoms with E-state index in [9.17, 15) is 14.4 Å². The summed E-state index contributed by atoms with van der Waals surface area (Å²) in [6.45, 7) is 1.76. The van der Waals surface area contributed by atoms with Gasteiger partial charge in [0.2, 0.25) is 0 Å². The molecule has 0 spiro atoms. The Morgan fingerprint density at radius 1 is 1.25 bits per heavy atom. The minimum absolute atomic E-state index is 0.168. The van der Waals surface area contributed by atoms with Gasteiger partial charge in [-0.2, -0.15) is 0 Å². The highest BCUT2D eigenvalue weighted by Crippen LogP contribution is 2.28. The number of aryl methyl sites for hydroxylation is 1. The van der Waals surface area contributed by atoms with Gasteiger partial charge >= 0.3 is 11.7 Å². The molecule has 0 radical (unpaired) electrons. The summed E-state index contributed by atoms with van der Waals surface area (Å²) in [4.78, 5) is 37.5. The largest absolute Gasteiger partial charge is 0.464 e. The number of anilines is 1. The molecule has 8 heteroatoms. The standard InChI is InChI=1S/C12H12N4O4/c1-5-3-4-6(20-5)8-7-9(14-11(18)13-8)16(2)12(19)15-10(7)17/h3-4,8H,1-2H3,(H2,13,14,18)(H,15,17,19). The maximum Gasteiger partial charge on any atom is 0.329 e. The summed E-state index contributed by atoms with van der Waals surface area (Å²) < 4.78 is 6.65. The molecule has 2 aromatic rings. The fourth-order valence-electron chi connectivity index (χ4n) is 2.23. The molecule has 2 amide bonds. The maximum absolute atomic E-state index is 12.0. The Balaban J connectivity index is 2.27. The van der Waals surface area contributed by atoms with Crippen molar-refractivity contribution < 1.29 is 9.21 Å². The Morgan fingerprint density at radius 2 is 2.00 bits per heavy atom.